The van der Waals surface area contributed by atoms with Crippen molar-refractivity contribution in [2.24, 2.45) is 11.7 Å². The summed E-state index contributed by atoms with van der Waals surface area (Å²) in [7, 11) is -1.84. The number of nitrogens with two attached hydrogens (primary N) is 1. The fourth-order valence-electron chi connectivity index (χ4n) is 1.16. The zero-order valence-electron chi connectivity index (χ0n) is 10.1. The van der Waals surface area contributed by atoms with E-state index in [1.165, 1.54) is 11.4 Å². The molecule has 0 aromatic rings. The van der Waals surface area contributed by atoms with Crippen LogP contribution in [0.3, 0.4) is 0 Å². The lowest BCUT2D eigenvalue weighted by molar-refractivity contribution is 0.215. The first-order valence-electron chi connectivity index (χ1n) is 5.15. The summed E-state index contributed by atoms with van der Waals surface area (Å²) < 4.78 is 29.7. The summed E-state index contributed by atoms with van der Waals surface area (Å²) in [6.07, 6.45) is 0. The Balaban J connectivity index is 4.54. The molecule has 0 radical (unpaired) electrons. The molecule has 0 amide bonds. The summed E-state index contributed by atoms with van der Waals surface area (Å²) >= 11 is 0. The average molecular weight is 251 g/mol. The van der Waals surface area contributed by atoms with E-state index in [1.807, 2.05) is 0 Å². The van der Waals surface area contributed by atoms with Crippen molar-refractivity contribution in [3.63, 3.8) is 0 Å². The molecule has 0 aliphatic heterocycles. The zero-order chi connectivity index (χ0) is 12.8. The number of nitrogens with zero attached hydrogens (tertiary/aromatic N) is 1. The van der Waals surface area contributed by atoms with E-state index in [9.17, 15) is 8.42 Å². The van der Waals surface area contributed by atoms with Gasteiger partial charge in [-0.2, -0.15) is 0 Å². The number of hydrogen-bond acceptors (Lipinski definition) is 4. The second-order valence-electron chi connectivity index (χ2n) is 3.62. The lowest BCUT2D eigenvalue weighted by Crippen LogP contribution is -2.40. The Bertz CT molecular complexity index is 316. The topological polar surface area (TPSA) is 96.5 Å². The van der Waals surface area contributed by atoms with Crippen molar-refractivity contribution in [1.82, 2.24) is 4.31 Å². The van der Waals surface area contributed by atoms with Crippen molar-refractivity contribution in [2.45, 2.75) is 13.8 Å². The molecule has 16 heavy (non-hydrogen) atoms. The van der Waals surface area contributed by atoms with Crippen molar-refractivity contribution in [3.05, 3.63) is 0 Å². The predicted molar refractivity (Wildman–Crippen MR) is 64.0 cm³/mol. The Morgan fingerprint density at radius 2 is 2.12 bits per heavy atom. The third-order valence-electron chi connectivity index (χ3n) is 2.30. The van der Waals surface area contributed by atoms with Crippen molar-refractivity contribution < 1.29 is 13.2 Å². The van der Waals surface area contributed by atoms with Gasteiger partial charge in [-0.25, -0.2) is 12.7 Å². The molecule has 0 heterocycles. The molecule has 0 spiro atoms. The van der Waals surface area contributed by atoms with Gasteiger partial charge in [-0.05, 0) is 0 Å². The second kappa shape index (κ2) is 6.82. The molecule has 0 saturated heterocycles. The van der Waals surface area contributed by atoms with E-state index in [0.29, 0.717) is 6.54 Å². The number of amidine groups is 1. The van der Waals surface area contributed by atoms with Gasteiger partial charge in [-0.1, -0.05) is 13.8 Å². The predicted octanol–water partition coefficient (Wildman–Crippen LogP) is -0.143. The lowest BCUT2D eigenvalue weighted by atomic mass is 10.1. The molecule has 7 heteroatoms. The third-order valence-corrected chi connectivity index (χ3v) is 4.18. The van der Waals surface area contributed by atoms with E-state index in [4.69, 9.17) is 15.9 Å². The standard InChI is InChI=1S/C9H21N3O3S/c1-4-12(7-8(2)9(10)11)16(13,14)6-5-15-3/h8H,4-7H2,1-3H3,(H3,10,11). The summed E-state index contributed by atoms with van der Waals surface area (Å²) in [5.74, 6) is -0.306. The lowest BCUT2D eigenvalue weighted by Gasteiger charge is -2.23. The van der Waals surface area contributed by atoms with Crippen LogP contribution >= 0.6 is 0 Å². The molecule has 0 aliphatic carbocycles. The Labute approximate surface area is 97.3 Å². The minimum atomic E-state index is -3.31. The minimum absolute atomic E-state index is 0.000363. The van der Waals surface area contributed by atoms with E-state index < -0.39 is 10.0 Å². The van der Waals surface area contributed by atoms with Gasteiger partial charge < -0.3 is 10.5 Å². The fourth-order valence-corrected chi connectivity index (χ4v) is 2.64. The molecule has 0 bridgehead atoms. The Kier molecular flexibility index (Phi) is 6.54. The van der Waals surface area contributed by atoms with E-state index in [2.05, 4.69) is 0 Å². The molecule has 1 atom stereocenters. The zero-order valence-corrected chi connectivity index (χ0v) is 10.9. The van der Waals surface area contributed by atoms with E-state index in [-0.39, 0.29) is 30.7 Å². The van der Waals surface area contributed by atoms with Gasteiger partial charge in [0.1, 0.15) is 0 Å². The number of rotatable bonds is 8. The summed E-state index contributed by atoms with van der Waals surface area (Å²) in [5, 5.41) is 7.24. The van der Waals surface area contributed by atoms with E-state index in [1.54, 1.807) is 13.8 Å². The van der Waals surface area contributed by atoms with Crippen LogP contribution in [0, 0.1) is 11.3 Å². The van der Waals surface area contributed by atoms with Crippen LogP contribution in [0.25, 0.3) is 0 Å². The summed E-state index contributed by atoms with van der Waals surface area (Å²) in [6, 6.07) is 0. The third kappa shape index (κ3) is 4.91. The van der Waals surface area contributed by atoms with Gasteiger partial charge in [0.05, 0.1) is 18.2 Å². The molecule has 0 aliphatic rings. The average Bonchev–Trinajstić information content (AvgIpc) is 2.22. The van der Waals surface area contributed by atoms with Gasteiger partial charge in [0.25, 0.3) is 0 Å². The molecule has 0 aromatic carbocycles. The quantitative estimate of drug-likeness (QED) is 0.463. The van der Waals surface area contributed by atoms with Crippen LogP contribution in [0.2, 0.25) is 0 Å². The Morgan fingerprint density at radius 1 is 1.56 bits per heavy atom. The molecular weight excluding hydrogens is 230 g/mol. The highest BCUT2D eigenvalue weighted by Gasteiger charge is 2.22. The molecule has 3 N–H and O–H groups in total. The first-order valence-corrected chi connectivity index (χ1v) is 6.76. The maximum absolute atomic E-state index is 11.8. The molecular formula is C9H21N3O3S. The molecule has 0 saturated carbocycles. The van der Waals surface area contributed by atoms with Crippen LogP contribution in [0.5, 0.6) is 0 Å². The van der Waals surface area contributed by atoms with Gasteiger partial charge >= 0.3 is 0 Å². The van der Waals surface area contributed by atoms with Gasteiger partial charge in [-0.3, -0.25) is 5.41 Å². The number of hydrogen-bond donors (Lipinski definition) is 2. The van der Waals surface area contributed by atoms with Crippen LogP contribution in [0.1, 0.15) is 13.8 Å². The molecule has 0 fully saturated rings. The Morgan fingerprint density at radius 3 is 2.50 bits per heavy atom. The molecule has 6 nitrogen and oxygen atoms in total. The smallest absolute Gasteiger partial charge is 0.216 e. The monoisotopic (exact) mass is 251 g/mol. The summed E-state index contributed by atoms with van der Waals surface area (Å²) in [4.78, 5) is 0. The van der Waals surface area contributed by atoms with Gasteiger partial charge in [0.2, 0.25) is 10.0 Å². The largest absolute Gasteiger partial charge is 0.387 e. The van der Waals surface area contributed by atoms with Gasteiger partial charge in [0, 0.05) is 26.1 Å². The van der Waals surface area contributed by atoms with E-state index >= 15 is 0 Å². The maximum atomic E-state index is 11.8. The van der Waals surface area contributed by atoms with Crippen molar-refractivity contribution >= 4 is 15.9 Å². The molecule has 1 unspecified atom stereocenters. The van der Waals surface area contributed by atoms with Crippen LogP contribution in [-0.4, -0.2) is 51.1 Å². The minimum Gasteiger partial charge on any atom is -0.387 e. The van der Waals surface area contributed by atoms with Crippen LogP contribution in [-0.2, 0) is 14.8 Å². The highest BCUT2D eigenvalue weighted by Crippen LogP contribution is 2.06. The van der Waals surface area contributed by atoms with Crippen LogP contribution < -0.4 is 5.73 Å². The number of sulfonamides is 1. The molecule has 96 valence electrons. The SMILES string of the molecule is CCN(CC(C)C(=N)N)S(=O)(=O)CCOC. The van der Waals surface area contributed by atoms with Crippen molar-refractivity contribution in [1.29, 1.82) is 5.41 Å². The maximum Gasteiger partial charge on any atom is 0.216 e. The van der Waals surface area contributed by atoms with Crippen molar-refractivity contribution in [2.75, 3.05) is 32.6 Å². The number of nitrogens with one attached hydrogen (secondary N) is 1. The van der Waals surface area contributed by atoms with E-state index in [0.717, 1.165) is 0 Å². The first kappa shape index (κ1) is 15.3. The highest BCUT2D eigenvalue weighted by atomic mass is 32.2. The number of methoxy groups -OCH3 is 1. The van der Waals surface area contributed by atoms with Gasteiger partial charge in [0.15, 0.2) is 0 Å². The fraction of sp³-hybridized carbons (Fsp3) is 0.889. The van der Waals surface area contributed by atoms with Crippen molar-refractivity contribution in [3.8, 4) is 0 Å². The highest BCUT2D eigenvalue weighted by molar-refractivity contribution is 7.89. The van der Waals surface area contributed by atoms with Gasteiger partial charge in [-0.15, -0.1) is 0 Å². The normalized spacial score (nSPS) is 14.0. The van der Waals surface area contributed by atoms with Crippen LogP contribution in [0.15, 0.2) is 0 Å². The summed E-state index contributed by atoms with van der Waals surface area (Å²) in [6.45, 7) is 4.29. The second-order valence-corrected chi connectivity index (χ2v) is 5.70. The first-order chi connectivity index (χ1) is 7.35. The molecule has 0 rings (SSSR count). The Hall–Kier alpha value is -0.660. The van der Waals surface area contributed by atoms with Crippen LogP contribution in [0.4, 0.5) is 0 Å². The molecule has 0 aromatic heterocycles. The summed E-state index contributed by atoms with van der Waals surface area (Å²) in [5.41, 5.74) is 5.32. The number of ether oxygens (including phenoxy) is 1.